The Kier molecular flexibility index (Phi) is 4.93. The van der Waals surface area contributed by atoms with Crippen LogP contribution in [-0.2, 0) is 0 Å². The van der Waals surface area contributed by atoms with Crippen LogP contribution < -0.4 is 10.5 Å². The Morgan fingerprint density at radius 3 is 2.47 bits per heavy atom. The van der Waals surface area contributed by atoms with Gasteiger partial charge < -0.3 is 5.73 Å². The first-order chi connectivity index (χ1) is 7.70. The lowest BCUT2D eigenvalue weighted by atomic mass is 10.0. The lowest BCUT2D eigenvalue weighted by Crippen LogP contribution is -2.20. The minimum Gasteiger partial charge on any atom is -0.398 e. The molecule has 0 saturated carbocycles. The van der Waals surface area contributed by atoms with Crippen molar-refractivity contribution in [3.63, 3.8) is 0 Å². The zero-order valence-electron chi connectivity index (χ0n) is 11.1. The van der Waals surface area contributed by atoms with Crippen molar-refractivity contribution in [1.82, 2.24) is 4.72 Å². The molecular weight excluding hydrogens is 296 g/mol. The highest BCUT2D eigenvalue weighted by Crippen LogP contribution is 2.32. The SMILES string of the molecule is Cc1cc(Br)c(N)c(C(C)NSC(C)(C)C)c1. The van der Waals surface area contributed by atoms with E-state index in [0.29, 0.717) is 0 Å². The summed E-state index contributed by atoms with van der Waals surface area (Å²) in [6, 6.07) is 4.42. The van der Waals surface area contributed by atoms with Gasteiger partial charge in [0.05, 0.1) is 5.69 Å². The van der Waals surface area contributed by atoms with Crippen LogP contribution in [0.4, 0.5) is 5.69 Å². The van der Waals surface area contributed by atoms with Gasteiger partial charge in [0.25, 0.3) is 0 Å². The number of nitrogens with two attached hydrogens (primary N) is 1. The third kappa shape index (κ3) is 4.53. The first kappa shape index (κ1) is 14.9. The van der Waals surface area contributed by atoms with Crippen LogP contribution >= 0.6 is 27.9 Å². The molecule has 2 nitrogen and oxygen atoms in total. The number of rotatable bonds is 3. The van der Waals surface area contributed by atoms with Crippen molar-refractivity contribution in [1.29, 1.82) is 0 Å². The van der Waals surface area contributed by atoms with E-state index in [0.717, 1.165) is 15.7 Å². The van der Waals surface area contributed by atoms with Crippen LogP contribution in [0.15, 0.2) is 16.6 Å². The molecule has 0 saturated heterocycles. The van der Waals surface area contributed by atoms with Crippen LogP contribution in [-0.4, -0.2) is 4.75 Å². The van der Waals surface area contributed by atoms with Crippen molar-refractivity contribution in [3.05, 3.63) is 27.7 Å². The van der Waals surface area contributed by atoms with Crippen LogP contribution in [0.3, 0.4) is 0 Å². The number of benzene rings is 1. The van der Waals surface area contributed by atoms with E-state index in [2.05, 4.69) is 61.3 Å². The van der Waals surface area contributed by atoms with Crippen molar-refractivity contribution < 1.29 is 0 Å². The monoisotopic (exact) mass is 316 g/mol. The summed E-state index contributed by atoms with van der Waals surface area (Å²) >= 11 is 5.23. The standard InChI is InChI=1S/C13H21BrN2S/c1-8-6-10(12(15)11(14)7-8)9(2)16-17-13(3,4)5/h6-7,9,16H,15H2,1-5H3. The summed E-state index contributed by atoms with van der Waals surface area (Å²) in [6.07, 6.45) is 0. The summed E-state index contributed by atoms with van der Waals surface area (Å²) in [5.74, 6) is 0. The fourth-order valence-corrected chi connectivity index (χ4v) is 2.71. The first-order valence-corrected chi connectivity index (χ1v) is 7.30. The van der Waals surface area contributed by atoms with Crippen molar-refractivity contribution >= 4 is 33.6 Å². The summed E-state index contributed by atoms with van der Waals surface area (Å²) < 4.78 is 4.62. The van der Waals surface area contributed by atoms with Gasteiger partial charge in [0.1, 0.15) is 0 Å². The highest BCUT2D eigenvalue weighted by molar-refractivity contribution is 9.10. The zero-order valence-corrected chi connectivity index (χ0v) is 13.5. The second kappa shape index (κ2) is 5.63. The number of aryl methyl sites for hydroxylation is 1. The number of hydrogen-bond donors (Lipinski definition) is 2. The van der Waals surface area contributed by atoms with Crippen molar-refractivity contribution in [2.45, 2.75) is 45.4 Å². The predicted octanol–water partition coefficient (Wildman–Crippen LogP) is 4.44. The summed E-state index contributed by atoms with van der Waals surface area (Å²) in [5, 5.41) is 0. The molecule has 0 bridgehead atoms. The Labute approximate surface area is 117 Å². The van der Waals surface area contributed by atoms with Gasteiger partial charge in [0, 0.05) is 15.3 Å². The maximum Gasteiger partial charge on any atom is 0.0507 e. The van der Waals surface area contributed by atoms with Gasteiger partial charge >= 0.3 is 0 Å². The highest BCUT2D eigenvalue weighted by Gasteiger charge is 2.16. The maximum absolute atomic E-state index is 6.10. The Morgan fingerprint density at radius 1 is 1.35 bits per heavy atom. The average Bonchev–Trinajstić information content (AvgIpc) is 2.19. The van der Waals surface area contributed by atoms with Crippen molar-refractivity contribution in [3.8, 4) is 0 Å². The van der Waals surface area contributed by atoms with Gasteiger partial charge in [-0.3, -0.25) is 4.72 Å². The minimum atomic E-state index is 0.198. The van der Waals surface area contributed by atoms with Crippen molar-refractivity contribution in [2.75, 3.05) is 5.73 Å². The third-order valence-corrected chi connectivity index (χ3v) is 4.05. The quantitative estimate of drug-likeness (QED) is 0.639. The van der Waals surface area contributed by atoms with Gasteiger partial charge in [0.15, 0.2) is 0 Å². The van der Waals surface area contributed by atoms with Crippen LogP contribution in [0, 0.1) is 6.92 Å². The highest BCUT2D eigenvalue weighted by atomic mass is 79.9. The number of nitrogens with one attached hydrogen (secondary N) is 1. The fraction of sp³-hybridized carbons (Fsp3) is 0.538. The number of halogens is 1. The zero-order chi connectivity index (χ0) is 13.2. The molecule has 1 rings (SSSR count). The molecule has 1 unspecified atom stereocenters. The van der Waals surface area contributed by atoms with Gasteiger partial charge in [0.2, 0.25) is 0 Å². The Hall–Kier alpha value is -0.190. The number of hydrogen-bond acceptors (Lipinski definition) is 3. The molecule has 3 N–H and O–H groups in total. The van der Waals surface area contributed by atoms with Gasteiger partial charge in [-0.15, -0.1) is 0 Å². The van der Waals surface area contributed by atoms with Gasteiger partial charge in [-0.1, -0.05) is 18.0 Å². The van der Waals surface area contributed by atoms with E-state index in [1.165, 1.54) is 5.56 Å². The van der Waals surface area contributed by atoms with E-state index in [4.69, 9.17) is 5.73 Å². The van der Waals surface area contributed by atoms with Crippen molar-refractivity contribution in [2.24, 2.45) is 0 Å². The normalized spacial score (nSPS) is 13.8. The summed E-state index contributed by atoms with van der Waals surface area (Å²) in [4.78, 5) is 0. The second-order valence-corrected chi connectivity index (χ2v) is 7.82. The maximum atomic E-state index is 6.10. The Morgan fingerprint density at radius 2 is 1.94 bits per heavy atom. The van der Waals surface area contributed by atoms with E-state index < -0.39 is 0 Å². The van der Waals surface area contributed by atoms with E-state index >= 15 is 0 Å². The molecule has 96 valence electrons. The molecule has 0 amide bonds. The molecule has 4 heteroatoms. The van der Waals surface area contributed by atoms with Crippen LogP contribution in [0.1, 0.15) is 44.9 Å². The molecule has 1 atom stereocenters. The Bertz CT molecular complexity index is 399. The fourth-order valence-electron chi connectivity index (χ4n) is 1.47. The van der Waals surface area contributed by atoms with Gasteiger partial charge in [-0.25, -0.2) is 0 Å². The van der Waals surface area contributed by atoms with Crippen LogP contribution in [0.5, 0.6) is 0 Å². The number of anilines is 1. The molecule has 0 aromatic heterocycles. The summed E-state index contributed by atoms with van der Waals surface area (Å²) in [7, 11) is 0. The van der Waals surface area contributed by atoms with E-state index in [1.54, 1.807) is 11.9 Å². The molecule has 0 aliphatic rings. The van der Waals surface area contributed by atoms with Gasteiger partial charge in [-0.05, 0) is 67.7 Å². The summed E-state index contributed by atoms with van der Waals surface area (Å²) in [6.45, 7) is 10.8. The molecule has 1 aromatic rings. The molecule has 0 heterocycles. The molecule has 0 aliphatic heterocycles. The number of nitrogen functional groups attached to an aromatic ring is 1. The smallest absolute Gasteiger partial charge is 0.0507 e. The van der Waals surface area contributed by atoms with Crippen LogP contribution in [0.2, 0.25) is 0 Å². The molecule has 1 aromatic carbocycles. The molecule has 0 radical (unpaired) electrons. The Balaban J connectivity index is 2.85. The average molecular weight is 317 g/mol. The van der Waals surface area contributed by atoms with E-state index in [1.807, 2.05) is 6.07 Å². The van der Waals surface area contributed by atoms with Gasteiger partial charge in [-0.2, -0.15) is 0 Å². The first-order valence-electron chi connectivity index (χ1n) is 5.70. The topological polar surface area (TPSA) is 38.0 Å². The molecular formula is C13H21BrN2S. The lowest BCUT2D eigenvalue weighted by Gasteiger charge is -2.23. The largest absolute Gasteiger partial charge is 0.398 e. The summed E-state index contributed by atoms with van der Waals surface area (Å²) in [5.41, 5.74) is 9.28. The van der Waals surface area contributed by atoms with E-state index in [9.17, 15) is 0 Å². The second-order valence-electron chi connectivity index (χ2n) is 5.30. The minimum absolute atomic E-state index is 0.198. The third-order valence-electron chi connectivity index (χ3n) is 2.31. The molecule has 0 fully saturated rings. The van der Waals surface area contributed by atoms with E-state index in [-0.39, 0.29) is 10.8 Å². The lowest BCUT2D eigenvalue weighted by molar-refractivity contribution is 0.725. The predicted molar refractivity (Wildman–Crippen MR) is 82.2 cm³/mol. The molecule has 0 aliphatic carbocycles. The van der Waals surface area contributed by atoms with Crippen LogP contribution in [0.25, 0.3) is 0 Å². The molecule has 17 heavy (non-hydrogen) atoms. The molecule has 0 spiro atoms.